The summed E-state index contributed by atoms with van der Waals surface area (Å²) >= 11 is 6.31. The number of likely N-dealkylation sites (N-methyl/N-ethyl adjacent to an activating group) is 1. The van der Waals surface area contributed by atoms with E-state index < -0.39 is 5.97 Å². The third kappa shape index (κ3) is 3.85. The maximum atomic E-state index is 10.6. The van der Waals surface area contributed by atoms with Crippen LogP contribution in [0.2, 0.25) is 5.02 Å². The molecule has 0 amide bonds. The van der Waals surface area contributed by atoms with Crippen LogP contribution in [0.3, 0.4) is 0 Å². The van der Waals surface area contributed by atoms with Crippen molar-refractivity contribution >= 4 is 23.3 Å². The van der Waals surface area contributed by atoms with E-state index in [9.17, 15) is 4.79 Å². The molecule has 1 fully saturated rings. The predicted octanol–water partition coefficient (Wildman–Crippen LogP) is 2.11. The molecule has 104 valence electrons. The van der Waals surface area contributed by atoms with Crippen LogP contribution in [0, 0.1) is 0 Å². The van der Waals surface area contributed by atoms with E-state index in [1.807, 2.05) is 18.2 Å². The van der Waals surface area contributed by atoms with E-state index in [4.69, 9.17) is 16.7 Å². The van der Waals surface area contributed by atoms with Crippen molar-refractivity contribution in [3.05, 3.63) is 28.8 Å². The van der Waals surface area contributed by atoms with Crippen LogP contribution in [0.5, 0.6) is 0 Å². The van der Waals surface area contributed by atoms with Crippen molar-refractivity contribution in [3.8, 4) is 0 Å². The predicted molar refractivity (Wildman–Crippen MR) is 77.1 cm³/mol. The molecule has 0 unspecified atom stereocenters. The van der Waals surface area contributed by atoms with Crippen LogP contribution in [0.25, 0.3) is 0 Å². The van der Waals surface area contributed by atoms with Gasteiger partial charge in [0.2, 0.25) is 0 Å². The average Bonchev–Trinajstić information content (AvgIpc) is 2.38. The zero-order chi connectivity index (χ0) is 13.8. The number of carboxylic acid groups (broad SMARTS) is 1. The first kappa shape index (κ1) is 14.2. The normalized spacial score (nSPS) is 16.6. The summed E-state index contributed by atoms with van der Waals surface area (Å²) in [6.07, 6.45) is 0.669. The van der Waals surface area contributed by atoms with Gasteiger partial charge < -0.3 is 14.9 Å². The first-order valence-electron chi connectivity index (χ1n) is 6.50. The summed E-state index contributed by atoms with van der Waals surface area (Å²) in [7, 11) is 2.12. The molecule has 2 rings (SSSR count). The molecule has 1 aromatic carbocycles. The Hall–Kier alpha value is -1.26. The number of nitrogens with zero attached hydrogens (tertiary/aromatic N) is 2. The molecule has 0 bridgehead atoms. The van der Waals surface area contributed by atoms with Crippen LogP contribution in [-0.4, -0.2) is 49.2 Å². The number of aliphatic carboxylic acids is 1. The highest BCUT2D eigenvalue weighted by Gasteiger charge is 2.16. The van der Waals surface area contributed by atoms with Crippen molar-refractivity contribution in [3.63, 3.8) is 0 Å². The van der Waals surface area contributed by atoms with Crippen LogP contribution in [-0.2, 0) is 11.2 Å². The summed E-state index contributed by atoms with van der Waals surface area (Å²) < 4.78 is 0. The molecule has 0 radical (unpaired) electrons. The number of hydrogen-bond donors (Lipinski definition) is 1. The second-order valence-corrected chi connectivity index (χ2v) is 5.38. The first-order valence-corrected chi connectivity index (χ1v) is 6.88. The van der Waals surface area contributed by atoms with E-state index in [1.54, 1.807) is 0 Å². The van der Waals surface area contributed by atoms with Gasteiger partial charge in [0.1, 0.15) is 0 Å². The monoisotopic (exact) mass is 282 g/mol. The summed E-state index contributed by atoms with van der Waals surface area (Å²) in [5.74, 6) is -0.778. The standard InChI is InChI=1S/C14H19ClN2O2/c1-16-6-8-17(9-7-16)13-4-2-11(10-12(13)15)3-5-14(18)19/h2,4,10H,3,5-9H2,1H3,(H,18,19). The molecule has 5 heteroatoms. The maximum absolute atomic E-state index is 10.6. The van der Waals surface area contributed by atoms with Gasteiger partial charge in [0.05, 0.1) is 10.7 Å². The topological polar surface area (TPSA) is 43.8 Å². The molecular weight excluding hydrogens is 264 g/mol. The minimum Gasteiger partial charge on any atom is -0.481 e. The average molecular weight is 283 g/mol. The largest absolute Gasteiger partial charge is 0.481 e. The van der Waals surface area contributed by atoms with Gasteiger partial charge in [-0.05, 0) is 31.2 Å². The molecule has 4 nitrogen and oxygen atoms in total. The van der Waals surface area contributed by atoms with Crippen molar-refractivity contribution in [2.75, 3.05) is 38.1 Å². The summed E-state index contributed by atoms with van der Waals surface area (Å²) in [6, 6.07) is 5.87. The fourth-order valence-corrected chi connectivity index (χ4v) is 2.58. The molecule has 19 heavy (non-hydrogen) atoms. The number of anilines is 1. The Bertz CT molecular complexity index is 457. The van der Waals surface area contributed by atoms with Crippen LogP contribution < -0.4 is 4.90 Å². The Kier molecular flexibility index (Phi) is 4.66. The number of rotatable bonds is 4. The lowest BCUT2D eigenvalue weighted by Crippen LogP contribution is -2.44. The van der Waals surface area contributed by atoms with E-state index in [-0.39, 0.29) is 6.42 Å². The molecular formula is C14H19ClN2O2. The fraction of sp³-hybridized carbons (Fsp3) is 0.500. The number of piperazine rings is 1. The van der Waals surface area contributed by atoms with Crippen molar-refractivity contribution in [1.29, 1.82) is 0 Å². The smallest absolute Gasteiger partial charge is 0.303 e. The highest BCUT2D eigenvalue weighted by Crippen LogP contribution is 2.28. The van der Waals surface area contributed by atoms with Crippen LogP contribution in [0.1, 0.15) is 12.0 Å². The SMILES string of the molecule is CN1CCN(c2ccc(CCC(=O)O)cc2Cl)CC1. The minimum atomic E-state index is -0.778. The Morgan fingerprint density at radius 3 is 2.58 bits per heavy atom. The van der Waals surface area contributed by atoms with E-state index in [1.165, 1.54) is 0 Å². The van der Waals surface area contributed by atoms with Crippen LogP contribution >= 0.6 is 11.6 Å². The lowest BCUT2D eigenvalue weighted by Gasteiger charge is -2.34. The quantitative estimate of drug-likeness (QED) is 0.919. The lowest BCUT2D eigenvalue weighted by atomic mass is 10.1. The van der Waals surface area contributed by atoms with Crippen molar-refractivity contribution in [2.24, 2.45) is 0 Å². The molecule has 0 aromatic heterocycles. The molecule has 1 aliphatic heterocycles. The number of benzene rings is 1. The van der Waals surface area contributed by atoms with E-state index in [2.05, 4.69) is 16.8 Å². The third-order valence-corrected chi connectivity index (χ3v) is 3.79. The van der Waals surface area contributed by atoms with E-state index in [0.29, 0.717) is 11.4 Å². The molecule has 0 atom stereocenters. The third-order valence-electron chi connectivity index (χ3n) is 3.48. The first-order chi connectivity index (χ1) is 9.06. The maximum Gasteiger partial charge on any atom is 0.303 e. The summed E-state index contributed by atoms with van der Waals surface area (Å²) in [5.41, 5.74) is 2.03. The Morgan fingerprint density at radius 2 is 2.00 bits per heavy atom. The van der Waals surface area contributed by atoms with Gasteiger partial charge in [-0.3, -0.25) is 4.79 Å². The summed E-state index contributed by atoms with van der Waals surface area (Å²) in [5, 5.41) is 9.40. The number of carboxylic acids is 1. The highest BCUT2D eigenvalue weighted by molar-refractivity contribution is 6.33. The number of halogens is 1. The fourth-order valence-electron chi connectivity index (χ4n) is 2.26. The Balaban J connectivity index is 2.04. The molecule has 0 spiro atoms. The number of hydrogen-bond acceptors (Lipinski definition) is 3. The molecule has 1 heterocycles. The second kappa shape index (κ2) is 6.26. The van der Waals surface area contributed by atoms with Crippen molar-refractivity contribution in [2.45, 2.75) is 12.8 Å². The Morgan fingerprint density at radius 1 is 1.32 bits per heavy atom. The van der Waals surface area contributed by atoms with Gasteiger partial charge in [-0.25, -0.2) is 0 Å². The molecule has 1 saturated heterocycles. The van der Waals surface area contributed by atoms with E-state index in [0.717, 1.165) is 37.4 Å². The van der Waals surface area contributed by atoms with Gasteiger partial charge in [0, 0.05) is 32.6 Å². The zero-order valence-corrected chi connectivity index (χ0v) is 11.9. The van der Waals surface area contributed by atoms with Crippen LogP contribution in [0.4, 0.5) is 5.69 Å². The van der Waals surface area contributed by atoms with Gasteiger partial charge in [-0.2, -0.15) is 0 Å². The van der Waals surface area contributed by atoms with Gasteiger partial charge in [-0.1, -0.05) is 17.7 Å². The summed E-state index contributed by atoms with van der Waals surface area (Å²) in [4.78, 5) is 15.1. The second-order valence-electron chi connectivity index (χ2n) is 4.97. The summed E-state index contributed by atoms with van der Waals surface area (Å²) in [6.45, 7) is 4.03. The van der Waals surface area contributed by atoms with Gasteiger partial charge in [0.25, 0.3) is 0 Å². The molecule has 0 aliphatic carbocycles. The van der Waals surface area contributed by atoms with Crippen molar-refractivity contribution in [1.82, 2.24) is 4.90 Å². The van der Waals surface area contributed by atoms with Gasteiger partial charge in [-0.15, -0.1) is 0 Å². The minimum absolute atomic E-state index is 0.143. The van der Waals surface area contributed by atoms with Gasteiger partial charge in [0.15, 0.2) is 0 Å². The molecule has 1 aliphatic rings. The lowest BCUT2D eigenvalue weighted by molar-refractivity contribution is -0.136. The van der Waals surface area contributed by atoms with Crippen LogP contribution in [0.15, 0.2) is 18.2 Å². The van der Waals surface area contributed by atoms with E-state index >= 15 is 0 Å². The van der Waals surface area contributed by atoms with Gasteiger partial charge >= 0.3 is 5.97 Å². The molecule has 1 aromatic rings. The zero-order valence-electron chi connectivity index (χ0n) is 11.1. The highest BCUT2D eigenvalue weighted by atomic mass is 35.5. The molecule has 1 N–H and O–H groups in total. The number of aryl methyl sites for hydroxylation is 1. The number of carbonyl (C=O) groups is 1. The Labute approximate surface area is 118 Å². The molecule has 0 saturated carbocycles. The van der Waals surface area contributed by atoms with Crippen molar-refractivity contribution < 1.29 is 9.90 Å².